The highest BCUT2D eigenvalue weighted by molar-refractivity contribution is 7.21. The maximum Gasteiger partial charge on any atom is 0.262 e. The van der Waals surface area contributed by atoms with Crippen molar-refractivity contribution in [2.45, 2.75) is 6.92 Å². The minimum absolute atomic E-state index is 0.0840. The quantitative estimate of drug-likeness (QED) is 0.474. The molecule has 1 heterocycles. The molecule has 0 saturated heterocycles. The molecule has 3 aromatic carbocycles. The van der Waals surface area contributed by atoms with Crippen LogP contribution in [0.2, 0.25) is 0 Å². The predicted octanol–water partition coefficient (Wildman–Crippen LogP) is 5.30. The number of benzene rings is 3. The number of aryl methyl sites for hydroxylation is 1. The average molecular weight is 404 g/mol. The third-order valence-electron chi connectivity index (χ3n) is 4.47. The van der Waals surface area contributed by atoms with Crippen LogP contribution in [0.1, 0.15) is 5.56 Å². The van der Waals surface area contributed by atoms with E-state index in [9.17, 15) is 4.79 Å². The first kappa shape index (κ1) is 19.0. The number of fused-ring (bicyclic) bond motifs is 1. The highest BCUT2D eigenvalue weighted by Crippen LogP contribution is 2.34. The molecule has 4 rings (SSSR count). The van der Waals surface area contributed by atoms with Gasteiger partial charge >= 0.3 is 0 Å². The molecule has 0 aliphatic heterocycles. The van der Waals surface area contributed by atoms with Crippen molar-refractivity contribution in [3.05, 3.63) is 72.3 Å². The number of thiazole rings is 1. The van der Waals surface area contributed by atoms with Gasteiger partial charge in [0.1, 0.15) is 16.5 Å². The smallest absolute Gasteiger partial charge is 0.262 e. The summed E-state index contributed by atoms with van der Waals surface area (Å²) in [5, 5.41) is 3.77. The van der Waals surface area contributed by atoms with E-state index in [-0.39, 0.29) is 12.5 Å². The molecule has 0 aliphatic carbocycles. The van der Waals surface area contributed by atoms with E-state index < -0.39 is 0 Å². The maximum absolute atomic E-state index is 12.4. The van der Waals surface area contributed by atoms with E-state index >= 15 is 0 Å². The molecule has 0 saturated carbocycles. The van der Waals surface area contributed by atoms with Crippen molar-refractivity contribution in [1.82, 2.24) is 4.98 Å². The van der Waals surface area contributed by atoms with Crippen molar-refractivity contribution >= 4 is 33.1 Å². The molecule has 4 aromatic rings. The topological polar surface area (TPSA) is 60.5 Å². The minimum Gasteiger partial charge on any atom is -0.495 e. The zero-order valence-electron chi connectivity index (χ0n) is 16.1. The van der Waals surface area contributed by atoms with E-state index in [0.717, 1.165) is 26.4 Å². The number of amides is 1. The fourth-order valence-electron chi connectivity index (χ4n) is 2.98. The van der Waals surface area contributed by atoms with Gasteiger partial charge in [0, 0.05) is 5.56 Å². The number of hydrogen-bond donors (Lipinski definition) is 1. The summed E-state index contributed by atoms with van der Waals surface area (Å²) in [6.45, 7) is 1.86. The normalized spacial score (nSPS) is 10.7. The molecule has 1 aromatic heterocycles. The van der Waals surface area contributed by atoms with Crippen LogP contribution in [0, 0.1) is 6.92 Å². The number of anilines is 1. The molecule has 0 fully saturated rings. The maximum atomic E-state index is 12.4. The van der Waals surface area contributed by atoms with E-state index in [2.05, 4.69) is 10.3 Å². The van der Waals surface area contributed by atoms with Crippen molar-refractivity contribution in [3.8, 4) is 22.1 Å². The molecule has 5 nitrogen and oxygen atoms in total. The van der Waals surface area contributed by atoms with Gasteiger partial charge in [-0.25, -0.2) is 4.98 Å². The Hall–Kier alpha value is -3.38. The van der Waals surface area contributed by atoms with Crippen LogP contribution < -0.4 is 14.8 Å². The third-order valence-corrected chi connectivity index (χ3v) is 5.55. The highest BCUT2D eigenvalue weighted by atomic mass is 32.1. The van der Waals surface area contributed by atoms with E-state index in [1.807, 2.05) is 73.7 Å². The van der Waals surface area contributed by atoms with Crippen LogP contribution in [0.15, 0.2) is 66.7 Å². The zero-order valence-corrected chi connectivity index (χ0v) is 17.0. The van der Waals surface area contributed by atoms with E-state index in [1.165, 1.54) is 0 Å². The number of aromatic nitrogens is 1. The van der Waals surface area contributed by atoms with Gasteiger partial charge in [0.25, 0.3) is 5.91 Å². The zero-order chi connectivity index (χ0) is 20.2. The molecule has 0 radical (unpaired) electrons. The van der Waals surface area contributed by atoms with E-state index in [1.54, 1.807) is 18.4 Å². The number of carbonyl (C=O) groups is 1. The van der Waals surface area contributed by atoms with E-state index in [0.29, 0.717) is 17.2 Å². The number of rotatable bonds is 6. The fraction of sp³-hybridized carbons (Fsp3) is 0.130. The first-order chi connectivity index (χ1) is 14.1. The molecule has 0 bridgehead atoms. The van der Waals surface area contributed by atoms with E-state index in [4.69, 9.17) is 9.47 Å². The third kappa shape index (κ3) is 4.22. The second-order valence-corrected chi connectivity index (χ2v) is 7.53. The van der Waals surface area contributed by atoms with Crippen molar-refractivity contribution in [2.75, 3.05) is 19.0 Å². The lowest BCUT2D eigenvalue weighted by Gasteiger charge is -2.13. The number of hydrogen-bond acceptors (Lipinski definition) is 5. The van der Waals surface area contributed by atoms with Crippen LogP contribution >= 0.6 is 11.3 Å². The van der Waals surface area contributed by atoms with Crippen LogP contribution in [0.5, 0.6) is 11.5 Å². The van der Waals surface area contributed by atoms with Gasteiger partial charge in [-0.2, -0.15) is 0 Å². The summed E-state index contributed by atoms with van der Waals surface area (Å²) in [4.78, 5) is 17.1. The largest absolute Gasteiger partial charge is 0.495 e. The van der Waals surface area contributed by atoms with Crippen LogP contribution in [0.4, 0.5) is 5.69 Å². The van der Waals surface area contributed by atoms with Gasteiger partial charge in [-0.15, -0.1) is 11.3 Å². The fourth-order valence-corrected chi connectivity index (χ4v) is 3.94. The first-order valence-corrected chi connectivity index (χ1v) is 9.98. The van der Waals surface area contributed by atoms with Crippen molar-refractivity contribution in [1.29, 1.82) is 0 Å². The highest BCUT2D eigenvalue weighted by Gasteiger charge is 2.13. The van der Waals surface area contributed by atoms with Gasteiger partial charge in [-0.1, -0.05) is 30.3 Å². The first-order valence-electron chi connectivity index (χ1n) is 9.16. The van der Waals surface area contributed by atoms with Gasteiger partial charge < -0.3 is 14.8 Å². The Bertz CT molecular complexity index is 1140. The molecule has 0 atom stereocenters. The van der Waals surface area contributed by atoms with Crippen molar-refractivity contribution < 1.29 is 14.3 Å². The Morgan fingerprint density at radius 1 is 1.03 bits per heavy atom. The summed E-state index contributed by atoms with van der Waals surface area (Å²) in [5.74, 6) is 1.02. The van der Waals surface area contributed by atoms with Crippen molar-refractivity contribution in [3.63, 3.8) is 0 Å². The molecular formula is C23H20N2O3S. The molecule has 1 N–H and O–H groups in total. The van der Waals surface area contributed by atoms with Gasteiger partial charge in [0.2, 0.25) is 0 Å². The van der Waals surface area contributed by atoms with Gasteiger partial charge in [0.05, 0.1) is 23.0 Å². The second-order valence-electron chi connectivity index (χ2n) is 6.50. The summed E-state index contributed by atoms with van der Waals surface area (Å²) in [7, 11) is 1.58. The summed E-state index contributed by atoms with van der Waals surface area (Å²) in [6.07, 6.45) is 0. The summed E-state index contributed by atoms with van der Waals surface area (Å²) >= 11 is 1.61. The van der Waals surface area contributed by atoms with Crippen LogP contribution in [0.3, 0.4) is 0 Å². The average Bonchev–Trinajstić information content (AvgIpc) is 3.17. The molecule has 0 spiro atoms. The van der Waals surface area contributed by atoms with Gasteiger partial charge in [-0.05, 0) is 48.9 Å². The molecule has 0 unspecified atom stereocenters. The molecule has 0 aliphatic rings. The number of nitrogens with zero attached hydrogens (tertiary/aromatic N) is 1. The summed E-state index contributed by atoms with van der Waals surface area (Å²) in [5.41, 5.74) is 3.45. The number of para-hydroxylation sites is 2. The van der Waals surface area contributed by atoms with Crippen LogP contribution in [-0.4, -0.2) is 24.6 Å². The molecule has 6 heteroatoms. The second kappa shape index (κ2) is 8.32. The molecule has 29 heavy (non-hydrogen) atoms. The Labute approximate surface area is 172 Å². The van der Waals surface area contributed by atoms with Crippen molar-refractivity contribution in [2.24, 2.45) is 0 Å². The molecule has 1 amide bonds. The minimum atomic E-state index is -0.256. The lowest BCUT2D eigenvalue weighted by atomic mass is 10.2. The molecule has 146 valence electrons. The summed E-state index contributed by atoms with van der Waals surface area (Å²) in [6, 6.07) is 21.3. The Morgan fingerprint density at radius 3 is 2.62 bits per heavy atom. The number of carbonyl (C=O) groups excluding carboxylic acids is 1. The van der Waals surface area contributed by atoms with Crippen LogP contribution in [-0.2, 0) is 4.79 Å². The standard InChI is InChI=1S/C23H20N2O3S/c1-15-7-3-5-9-19(15)28-14-22(26)24-18-13-16(11-12-20(18)27-2)23-25-17-8-4-6-10-21(17)29-23/h3-13H,14H2,1-2H3,(H,24,26). The lowest BCUT2D eigenvalue weighted by molar-refractivity contribution is -0.118. The SMILES string of the molecule is COc1ccc(-c2nc3ccccc3s2)cc1NC(=O)COc1ccccc1C. The number of methoxy groups -OCH3 is 1. The number of ether oxygens (including phenoxy) is 2. The monoisotopic (exact) mass is 404 g/mol. The number of nitrogens with one attached hydrogen (secondary N) is 1. The van der Waals surface area contributed by atoms with Gasteiger partial charge in [0.15, 0.2) is 6.61 Å². The summed E-state index contributed by atoms with van der Waals surface area (Å²) < 4.78 is 12.2. The predicted molar refractivity (Wildman–Crippen MR) is 117 cm³/mol. The Kier molecular flexibility index (Phi) is 5.44. The van der Waals surface area contributed by atoms with Gasteiger partial charge in [-0.3, -0.25) is 4.79 Å². The Balaban J connectivity index is 1.53. The van der Waals surface area contributed by atoms with Crippen LogP contribution in [0.25, 0.3) is 20.8 Å². The Morgan fingerprint density at radius 2 is 1.83 bits per heavy atom. The molecular weight excluding hydrogens is 384 g/mol. The lowest BCUT2D eigenvalue weighted by Crippen LogP contribution is -2.20.